The van der Waals surface area contributed by atoms with Crippen molar-refractivity contribution in [2.45, 2.75) is 43.1 Å². The third-order valence-electron chi connectivity index (χ3n) is 4.19. The zero-order chi connectivity index (χ0) is 20.3. The van der Waals surface area contributed by atoms with Crippen molar-refractivity contribution in [1.82, 2.24) is 14.8 Å². The second-order valence-corrected chi connectivity index (χ2v) is 9.31. The number of anilines is 1. The standard InChI is InChI=1S/C19H21ClN4O2S2/c1-4-24-18(23-28(25,26)17-10-9-13(2)11-14(17)3)21-22-19(24)27-12-15-7-5-6-8-16(15)20/h5-11H,4,12H2,1-3H3,(H,21,23). The van der Waals surface area contributed by atoms with E-state index >= 15 is 0 Å². The zero-order valence-electron chi connectivity index (χ0n) is 15.8. The Kier molecular flexibility index (Phi) is 6.32. The maximum absolute atomic E-state index is 12.8. The number of aryl methyl sites for hydroxylation is 2. The van der Waals surface area contributed by atoms with E-state index in [1.165, 1.54) is 11.8 Å². The molecule has 0 fully saturated rings. The van der Waals surface area contributed by atoms with Crippen LogP contribution in [0.15, 0.2) is 52.5 Å². The van der Waals surface area contributed by atoms with E-state index in [2.05, 4.69) is 14.9 Å². The number of aromatic nitrogens is 3. The third-order valence-corrected chi connectivity index (χ3v) is 7.07. The lowest BCUT2D eigenvalue weighted by atomic mass is 10.2. The number of sulfonamides is 1. The highest BCUT2D eigenvalue weighted by Crippen LogP contribution is 2.28. The summed E-state index contributed by atoms with van der Waals surface area (Å²) < 4.78 is 29.9. The lowest BCUT2D eigenvalue weighted by molar-refractivity contribution is 0.599. The topological polar surface area (TPSA) is 76.9 Å². The summed E-state index contributed by atoms with van der Waals surface area (Å²) in [7, 11) is -3.76. The molecule has 0 spiro atoms. The minimum absolute atomic E-state index is 0.198. The van der Waals surface area contributed by atoms with Crippen molar-refractivity contribution in [3.63, 3.8) is 0 Å². The Balaban J connectivity index is 1.82. The first kappa shape index (κ1) is 20.7. The Morgan fingerprint density at radius 1 is 1.14 bits per heavy atom. The van der Waals surface area contributed by atoms with Crippen LogP contribution in [-0.4, -0.2) is 23.2 Å². The molecule has 3 aromatic rings. The van der Waals surface area contributed by atoms with Gasteiger partial charge in [-0.25, -0.2) is 13.1 Å². The molecule has 0 saturated carbocycles. The summed E-state index contributed by atoms with van der Waals surface area (Å²) in [6, 6.07) is 12.8. The summed E-state index contributed by atoms with van der Waals surface area (Å²) in [6.45, 7) is 6.14. The van der Waals surface area contributed by atoms with Gasteiger partial charge in [0.1, 0.15) is 0 Å². The molecule has 1 heterocycles. The molecule has 0 atom stereocenters. The van der Waals surface area contributed by atoms with Gasteiger partial charge in [0.05, 0.1) is 4.90 Å². The molecule has 0 aliphatic rings. The largest absolute Gasteiger partial charge is 0.288 e. The number of nitrogens with one attached hydrogen (secondary N) is 1. The minimum atomic E-state index is -3.76. The summed E-state index contributed by atoms with van der Waals surface area (Å²) in [5.74, 6) is 0.811. The lowest BCUT2D eigenvalue weighted by Crippen LogP contribution is -2.17. The summed E-state index contributed by atoms with van der Waals surface area (Å²) >= 11 is 7.66. The van der Waals surface area contributed by atoms with Gasteiger partial charge < -0.3 is 0 Å². The molecule has 148 valence electrons. The smallest absolute Gasteiger partial charge is 0.264 e. The van der Waals surface area contributed by atoms with E-state index in [4.69, 9.17) is 11.6 Å². The van der Waals surface area contributed by atoms with Gasteiger partial charge in [0.25, 0.3) is 10.0 Å². The van der Waals surface area contributed by atoms with Crippen molar-refractivity contribution < 1.29 is 8.42 Å². The number of rotatable bonds is 7. The molecule has 2 aromatic carbocycles. The number of halogens is 1. The van der Waals surface area contributed by atoms with Crippen molar-refractivity contribution in [3.05, 3.63) is 64.2 Å². The van der Waals surface area contributed by atoms with Gasteiger partial charge in [-0.3, -0.25) is 4.57 Å². The number of thioether (sulfide) groups is 1. The Bertz CT molecular complexity index is 1100. The fourth-order valence-corrected chi connectivity index (χ4v) is 5.31. The fourth-order valence-electron chi connectivity index (χ4n) is 2.79. The summed E-state index contributed by atoms with van der Waals surface area (Å²) in [5, 5.41) is 9.51. The average molecular weight is 437 g/mol. The molecule has 6 nitrogen and oxygen atoms in total. The van der Waals surface area contributed by atoms with Crippen LogP contribution in [0.3, 0.4) is 0 Å². The molecule has 0 amide bonds. The molecule has 0 bridgehead atoms. The molecule has 0 aliphatic heterocycles. The van der Waals surface area contributed by atoms with E-state index < -0.39 is 10.0 Å². The van der Waals surface area contributed by atoms with Crippen molar-refractivity contribution in [1.29, 1.82) is 0 Å². The van der Waals surface area contributed by atoms with Crippen molar-refractivity contribution in [2.75, 3.05) is 4.72 Å². The van der Waals surface area contributed by atoms with Crippen LogP contribution in [-0.2, 0) is 22.3 Å². The van der Waals surface area contributed by atoms with E-state index in [1.54, 1.807) is 23.6 Å². The molecular weight excluding hydrogens is 416 g/mol. The average Bonchev–Trinajstić information content (AvgIpc) is 3.01. The normalized spacial score (nSPS) is 11.6. The van der Waals surface area contributed by atoms with Gasteiger partial charge in [0.15, 0.2) is 5.16 Å². The third kappa shape index (κ3) is 4.51. The Morgan fingerprint density at radius 3 is 2.57 bits per heavy atom. The SMILES string of the molecule is CCn1c(NS(=O)(=O)c2ccc(C)cc2C)nnc1SCc1ccccc1Cl. The molecule has 9 heteroatoms. The fraction of sp³-hybridized carbons (Fsp3) is 0.263. The molecule has 1 aromatic heterocycles. The van der Waals surface area contributed by atoms with E-state index in [-0.39, 0.29) is 10.8 Å². The van der Waals surface area contributed by atoms with E-state index in [9.17, 15) is 8.42 Å². The Morgan fingerprint density at radius 2 is 1.89 bits per heavy atom. The molecule has 28 heavy (non-hydrogen) atoms. The summed E-state index contributed by atoms with van der Waals surface area (Å²) in [5.41, 5.74) is 2.67. The molecule has 0 aliphatic carbocycles. The van der Waals surface area contributed by atoms with Gasteiger partial charge in [-0.05, 0) is 44.0 Å². The van der Waals surface area contributed by atoms with Crippen LogP contribution in [0.25, 0.3) is 0 Å². The van der Waals surface area contributed by atoms with E-state index in [1.807, 2.05) is 44.2 Å². The molecule has 3 rings (SSSR count). The highest BCUT2D eigenvalue weighted by molar-refractivity contribution is 7.98. The predicted molar refractivity (Wildman–Crippen MR) is 113 cm³/mol. The maximum atomic E-state index is 12.8. The lowest BCUT2D eigenvalue weighted by Gasteiger charge is -2.12. The van der Waals surface area contributed by atoms with Crippen LogP contribution in [0, 0.1) is 13.8 Å². The maximum Gasteiger partial charge on any atom is 0.264 e. The van der Waals surface area contributed by atoms with Gasteiger partial charge in [0.2, 0.25) is 5.95 Å². The summed E-state index contributed by atoms with van der Waals surface area (Å²) in [4.78, 5) is 0.231. The van der Waals surface area contributed by atoms with Gasteiger partial charge in [0, 0.05) is 17.3 Å². The first-order valence-corrected chi connectivity index (χ1v) is 11.6. The highest BCUT2D eigenvalue weighted by Gasteiger charge is 2.21. The second-order valence-electron chi connectivity index (χ2n) is 6.30. The second kappa shape index (κ2) is 8.55. The van der Waals surface area contributed by atoms with E-state index in [0.29, 0.717) is 28.0 Å². The van der Waals surface area contributed by atoms with Crippen LogP contribution in [0.4, 0.5) is 5.95 Å². The van der Waals surface area contributed by atoms with Gasteiger partial charge in [-0.2, -0.15) is 0 Å². The van der Waals surface area contributed by atoms with Gasteiger partial charge in [-0.1, -0.05) is 59.3 Å². The number of nitrogens with zero attached hydrogens (tertiary/aromatic N) is 3. The van der Waals surface area contributed by atoms with Crippen LogP contribution < -0.4 is 4.72 Å². The van der Waals surface area contributed by atoms with Crippen LogP contribution >= 0.6 is 23.4 Å². The minimum Gasteiger partial charge on any atom is -0.288 e. The highest BCUT2D eigenvalue weighted by atomic mass is 35.5. The van der Waals surface area contributed by atoms with Crippen LogP contribution in [0.2, 0.25) is 5.02 Å². The molecule has 0 unspecified atom stereocenters. The number of hydrogen-bond donors (Lipinski definition) is 1. The Hall–Kier alpha value is -2.03. The molecular formula is C19H21ClN4O2S2. The Labute approximate surface area is 174 Å². The first-order chi connectivity index (χ1) is 13.3. The summed E-state index contributed by atoms with van der Waals surface area (Å²) in [6.07, 6.45) is 0. The zero-order valence-corrected chi connectivity index (χ0v) is 18.2. The molecule has 0 saturated heterocycles. The molecule has 1 N–H and O–H groups in total. The van der Waals surface area contributed by atoms with Crippen molar-refractivity contribution in [3.8, 4) is 0 Å². The monoisotopic (exact) mass is 436 g/mol. The predicted octanol–water partition coefficient (Wildman–Crippen LogP) is 4.66. The van der Waals surface area contributed by atoms with Crippen molar-refractivity contribution >= 4 is 39.3 Å². The van der Waals surface area contributed by atoms with Gasteiger partial charge in [-0.15, -0.1) is 10.2 Å². The van der Waals surface area contributed by atoms with Crippen LogP contribution in [0.1, 0.15) is 23.6 Å². The molecule has 0 radical (unpaired) electrons. The number of benzene rings is 2. The first-order valence-electron chi connectivity index (χ1n) is 8.71. The quantitative estimate of drug-likeness (QED) is 0.545. The van der Waals surface area contributed by atoms with E-state index in [0.717, 1.165) is 11.1 Å². The van der Waals surface area contributed by atoms with Crippen molar-refractivity contribution in [2.24, 2.45) is 0 Å². The van der Waals surface area contributed by atoms with Gasteiger partial charge >= 0.3 is 0 Å². The van der Waals surface area contributed by atoms with Crippen LogP contribution in [0.5, 0.6) is 0 Å². The number of hydrogen-bond acceptors (Lipinski definition) is 5.